The third-order valence-electron chi connectivity index (χ3n) is 2.44. The second-order valence-electron chi connectivity index (χ2n) is 4.11. The first-order valence-corrected chi connectivity index (χ1v) is 5.50. The third-order valence-corrected chi connectivity index (χ3v) is 2.44. The van der Waals surface area contributed by atoms with Crippen molar-refractivity contribution >= 4 is 0 Å². The second-order valence-corrected chi connectivity index (χ2v) is 4.11. The van der Waals surface area contributed by atoms with Crippen molar-refractivity contribution in [2.75, 3.05) is 27.2 Å². The molecule has 0 N–H and O–H groups in total. The lowest BCUT2D eigenvalue weighted by atomic mass is 10.1. The van der Waals surface area contributed by atoms with Crippen LogP contribution in [-0.4, -0.2) is 32.1 Å². The van der Waals surface area contributed by atoms with E-state index in [0.717, 1.165) is 25.3 Å². The highest BCUT2D eigenvalue weighted by atomic mass is 16.5. The van der Waals surface area contributed by atoms with E-state index in [1.807, 2.05) is 0 Å². The lowest BCUT2D eigenvalue weighted by molar-refractivity contribution is 0.260. The maximum atomic E-state index is 5.71. The summed E-state index contributed by atoms with van der Waals surface area (Å²) in [7, 11) is 4.10. The van der Waals surface area contributed by atoms with Gasteiger partial charge in [0, 0.05) is 6.54 Å². The van der Waals surface area contributed by atoms with Crippen molar-refractivity contribution in [2.45, 2.75) is 20.3 Å². The first-order chi connectivity index (χ1) is 7.13. The van der Waals surface area contributed by atoms with Gasteiger partial charge in [0.2, 0.25) is 0 Å². The predicted molar refractivity (Wildman–Crippen MR) is 64.6 cm³/mol. The predicted octanol–water partition coefficient (Wildman–Crippen LogP) is 2.50. The van der Waals surface area contributed by atoms with Crippen LogP contribution in [0.15, 0.2) is 18.2 Å². The van der Waals surface area contributed by atoms with Gasteiger partial charge in [-0.25, -0.2) is 0 Å². The number of hydrogen-bond donors (Lipinski definition) is 0. The average Bonchev–Trinajstić information content (AvgIpc) is 2.20. The topological polar surface area (TPSA) is 12.5 Å². The lowest BCUT2D eigenvalue weighted by Gasteiger charge is -2.13. The molecule has 0 aliphatic heterocycles. The summed E-state index contributed by atoms with van der Waals surface area (Å²) in [5.74, 6) is 1.01. The summed E-state index contributed by atoms with van der Waals surface area (Å²) < 4.78 is 5.71. The van der Waals surface area contributed by atoms with Crippen molar-refractivity contribution in [1.29, 1.82) is 0 Å². The summed E-state index contributed by atoms with van der Waals surface area (Å²) in [4.78, 5) is 2.12. The molecule has 0 amide bonds. The fourth-order valence-electron chi connectivity index (χ4n) is 1.43. The normalized spacial score (nSPS) is 10.7. The van der Waals surface area contributed by atoms with Crippen molar-refractivity contribution in [3.63, 3.8) is 0 Å². The van der Waals surface area contributed by atoms with Crippen molar-refractivity contribution in [1.82, 2.24) is 4.90 Å². The van der Waals surface area contributed by atoms with Gasteiger partial charge in [0.1, 0.15) is 12.4 Å². The largest absolute Gasteiger partial charge is 0.492 e. The molecule has 0 bridgehead atoms. The van der Waals surface area contributed by atoms with E-state index in [0.29, 0.717) is 0 Å². The van der Waals surface area contributed by atoms with Crippen molar-refractivity contribution in [3.05, 3.63) is 29.3 Å². The monoisotopic (exact) mass is 207 g/mol. The zero-order valence-electron chi connectivity index (χ0n) is 10.2. The van der Waals surface area contributed by atoms with Gasteiger partial charge in [-0.05, 0) is 44.6 Å². The molecule has 0 saturated heterocycles. The SMILES string of the molecule is CCc1ccc(OCCN(C)C)c(C)c1. The van der Waals surface area contributed by atoms with Crippen molar-refractivity contribution in [2.24, 2.45) is 0 Å². The number of nitrogens with zero attached hydrogens (tertiary/aromatic N) is 1. The Morgan fingerprint density at radius 3 is 2.53 bits per heavy atom. The summed E-state index contributed by atoms with van der Waals surface area (Å²) in [6, 6.07) is 6.41. The van der Waals surface area contributed by atoms with Crippen molar-refractivity contribution < 1.29 is 4.74 Å². The van der Waals surface area contributed by atoms with Gasteiger partial charge in [0.15, 0.2) is 0 Å². The Labute approximate surface area is 92.9 Å². The highest BCUT2D eigenvalue weighted by molar-refractivity contribution is 5.36. The molecule has 1 aromatic rings. The Kier molecular flexibility index (Phi) is 4.63. The standard InChI is InChI=1S/C13H21NO/c1-5-12-6-7-13(11(2)10-12)15-9-8-14(3)4/h6-7,10H,5,8-9H2,1-4H3. The van der Waals surface area contributed by atoms with Crippen LogP contribution in [0, 0.1) is 6.92 Å². The molecule has 0 heterocycles. The third kappa shape index (κ3) is 3.92. The average molecular weight is 207 g/mol. The van der Waals surface area contributed by atoms with Crippen LogP contribution in [0.5, 0.6) is 5.75 Å². The minimum absolute atomic E-state index is 0.749. The molecule has 0 fully saturated rings. The zero-order valence-corrected chi connectivity index (χ0v) is 10.2. The van der Waals surface area contributed by atoms with E-state index in [9.17, 15) is 0 Å². The summed E-state index contributed by atoms with van der Waals surface area (Å²) in [6.07, 6.45) is 1.08. The quantitative estimate of drug-likeness (QED) is 0.735. The van der Waals surface area contributed by atoms with Gasteiger partial charge in [-0.15, -0.1) is 0 Å². The first-order valence-electron chi connectivity index (χ1n) is 5.50. The molecule has 15 heavy (non-hydrogen) atoms. The number of ether oxygens (including phenoxy) is 1. The Bertz CT molecular complexity index is 307. The van der Waals surface area contributed by atoms with Gasteiger partial charge >= 0.3 is 0 Å². The maximum Gasteiger partial charge on any atom is 0.122 e. The van der Waals surface area contributed by atoms with Crippen LogP contribution in [0.2, 0.25) is 0 Å². The van der Waals surface area contributed by atoms with Gasteiger partial charge in [0.05, 0.1) is 0 Å². The van der Waals surface area contributed by atoms with E-state index >= 15 is 0 Å². The summed E-state index contributed by atoms with van der Waals surface area (Å²) >= 11 is 0. The van der Waals surface area contributed by atoms with Gasteiger partial charge < -0.3 is 9.64 Å². The fourth-order valence-corrected chi connectivity index (χ4v) is 1.43. The molecule has 0 spiro atoms. The van der Waals surface area contributed by atoms with E-state index in [-0.39, 0.29) is 0 Å². The molecule has 0 unspecified atom stereocenters. The van der Waals surface area contributed by atoms with E-state index in [1.54, 1.807) is 0 Å². The Morgan fingerprint density at radius 1 is 1.27 bits per heavy atom. The smallest absolute Gasteiger partial charge is 0.122 e. The minimum Gasteiger partial charge on any atom is -0.492 e. The first kappa shape index (κ1) is 12.1. The van der Waals surface area contributed by atoms with Crippen LogP contribution >= 0.6 is 0 Å². The maximum absolute atomic E-state index is 5.71. The molecular formula is C13H21NO. The summed E-state index contributed by atoms with van der Waals surface area (Å²) in [5.41, 5.74) is 2.60. The van der Waals surface area contributed by atoms with Crippen LogP contribution in [0.1, 0.15) is 18.1 Å². The number of aryl methyl sites for hydroxylation is 2. The summed E-state index contributed by atoms with van der Waals surface area (Å²) in [5, 5.41) is 0. The Balaban J connectivity index is 2.54. The van der Waals surface area contributed by atoms with Gasteiger partial charge in [-0.3, -0.25) is 0 Å². The molecule has 0 saturated carbocycles. The number of rotatable bonds is 5. The number of benzene rings is 1. The van der Waals surface area contributed by atoms with Crippen LogP contribution < -0.4 is 4.74 Å². The second kappa shape index (κ2) is 5.76. The lowest BCUT2D eigenvalue weighted by Crippen LogP contribution is -2.19. The molecule has 1 aromatic carbocycles. The molecular weight excluding hydrogens is 186 g/mol. The van der Waals surface area contributed by atoms with Gasteiger partial charge in [0.25, 0.3) is 0 Å². The van der Waals surface area contributed by atoms with Gasteiger partial charge in [-0.2, -0.15) is 0 Å². The van der Waals surface area contributed by atoms with Crippen LogP contribution in [0.3, 0.4) is 0 Å². The number of likely N-dealkylation sites (N-methyl/N-ethyl adjacent to an activating group) is 1. The van der Waals surface area contributed by atoms with Crippen molar-refractivity contribution in [3.8, 4) is 5.75 Å². The highest BCUT2D eigenvalue weighted by Crippen LogP contribution is 2.19. The molecule has 1 rings (SSSR count). The molecule has 0 aromatic heterocycles. The van der Waals surface area contributed by atoms with E-state index in [4.69, 9.17) is 4.74 Å². The molecule has 0 aliphatic carbocycles. The molecule has 2 nitrogen and oxygen atoms in total. The fraction of sp³-hybridized carbons (Fsp3) is 0.538. The van der Waals surface area contributed by atoms with E-state index in [1.165, 1.54) is 11.1 Å². The molecule has 0 atom stereocenters. The Hall–Kier alpha value is -1.02. The van der Waals surface area contributed by atoms with E-state index < -0.39 is 0 Å². The summed E-state index contributed by atoms with van der Waals surface area (Å²) in [6.45, 7) is 5.97. The molecule has 0 aliphatic rings. The van der Waals surface area contributed by atoms with E-state index in [2.05, 4.69) is 51.0 Å². The molecule has 2 heteroatoms. The highest BCUT2D eigenvalue weighted by Gasteiger charge is 2.00. The van der Waals surface area contributed by atoms with Crippen LogP contribution in [-0.2, 0) is 6.42 Å². The molecule has 0 radical (unpaired) electrons. The van der Waals surface area contributed by atoms with Gasteiger partial charge in [-0.1, -0.05) is 19.1 Å². The minimum atomic E-state index is 0.749. The zero-order chi connectivity index (χ0) is 11.3. The number of hydrogen-bond acceptors (Lipinski definition) is 2. The Morgan fingerprint density at radius 2 is 2.00 bits per heavy atom. The molecule has 84 valence electrons. The van der Waals surface area contributed by atoms with Crippen LogP contribution in [0.25, 0.3) is 0 Å². The van der Waals surface area contributed by atoms with Crippen LogP contribution in [0.4, 0.5) is 0 Å².